The van der Waals surface area contributed by atoms with E-state index in [1.165, 1.54) is 34.7 Å². The van der Waals surface area contributed by atoms with Crippen LogP contribution in [0.4, 0.5) is 17.6 Å². The Morgan fingerprint density at radius 1 is 1.29 bits per heavy atom. The van der Waals surface area contributed by atoms with Crippen molar-refractivity contribution < 1.29 is 17.6 Å². The predicted molar refractivity (Wildman–Crippen MR) is 52.1 cm³/mol. The van der Waals surface area contributed by atoms with Gasteiger partial charge < -0.3 is 5.73 Å². The highest BCUT2D eigenvalue weighted by atomic mass is 127. The summed E-state index contributed by atoms with van der Waals surface area (Å²) in [4.78, 5) is 0. The zero-order valence-electron chi connectivity index (χ0n) is 6.78. The number of alkyl halides is 3. The maximum Gasteiger partial charge on any atom is 0.407 e. The number of hydrogen-bond donors (Lipinski definition) is 1. The lowest BCUT2D eigenvalue weighted by Gasteiger charge is -2.17. The van der Waals surface area contributed by atoms with Crippen LogP contribution in [0.2, 0.25) is 0 Å². The summed E-state index contributed by atoms with van der Waals surface area (Å²) in [6, 6.07) is 1.33. The van der Waals surface area contributed by atoms with Gasteiger partial charge >= 0.3 is 6.18 Å². The summed E-state index contributed by atoms with van der Waals surface area (Å²) >= 11 is 1.51. The first-order valence-corrected chi connectivity index (χ1v) is 4.68. The van der Waals surface area contributed by atoms with E-state index in [4.69, 9.17) is 5.73 Å². The molecule has 0 spiro atoms. The van der Waals surface area contributed by atoms with E-state index in [2.05, 4.69) is 0 Å². The third-order valence-corrected chi connectivity index (χ3v) is 2.81. The van der Waals surface area contributed by atoms with E-state index < -0.39 is 18.0 Å². The molecule has 6 heteroatoms. The molecule has 0 aliphatic heterocycles. The van der Waals surface area contributed by atoms with Gasteiger partial charge in [-0.05, 0) is 34.2 Å². The van der Waals surface area contributed by atoms with Crippen LogP contribution in [0.25, 0.3) is 0 Å². The van der Waals surface area contributed by atoms with Crippen molar-refractivity contribution in [2.75, 3.05) is 0 Å². The molecule has 0 fully saturated rings. The van der Waals surface area contributed by atoms with E-state index in [0.717, 1.165) is 6.07 Å². The van der Waals surface area contributed by atoms with E-state index in [1.807, 2.05) is 0 Å². The zero-order valence-corrected chi connectivity index (χ0v) is 8.93. The van der Waals surface area contributed by atoms with Crippen LogP contribution in [-0.4, -0.2) is 6.18 Å². The van der Waals surface area contributed by atoms with Crippen molar-refractivity contribution in [2.45, 2.75) is 12.2 Å². The Morgan fingerprint density at radius 3 is 2.36 bits per heavy atom. The van der Waals surface area contributed by atoms with E-state index in [-0.39, 0.29) is 9.13 Å². The third-order valence-electron chi connectivity index (χ3n) is 1.67. The van der Waals surface area contributed by atoms with Gasteiger partial charge in [-0.25, -0.2) is 4.39 Å². The molecule has 0 unspecified atom stereocenters. The first-order chi connectivity index (χ1) is 6.34. The highest BCUT2D eigenvalue weighted by molar-refractivity contribution is 14.1. The number of benzene rings is 1. The molecule has 0 aromatic heterocycles. The fourth-order valence-electron chi connectivity index (χ4n) is 0.937. The van der Waals surface area contributed by atoms with Gasteiger partial charge in [0, 0.05) is 0 Å². The molecular formula is C8H6F4IN. The fourth-order valence-corrected chi connectivity index (χ4v) is 1.63. The molecule has 14 heavy (non-hydrogen) atoms. The lowest BCUT2D eigenvalue weighted by Crippen LogP contribution is -2.29. The average molecular weight is 319 g/mol. The Hall–Kier alpha value is -0.370. The largest absolute Gasteiger partial charge is 0.407 e. The minimum atomic E-state index is -4.55. The van der Waals surface area contributed by atoms with Crippen LogP contribution < -0.4 is 5.73 Å². The maximum absolute atomic E-state index is 12.9. The highest BCUT2D eigenvalue weighted by Gasteiger charge is 2.39. The molecule has 0 bridgehead atoms. The van der Waals surface area contributed by atoms with Crippen LogP contribution in [0, 0.1) is 9.39 Å². The Balaban J connectivity index is 3.14. The van der Waals surface area contributed by atoms with Gasteiger partial charge in [-0.1, -0.05) is 12.1 Å². The van der Waals surface area contributed by atoms with Crippen LogP contribution in [0.1, 0.15) is 11.6 Å². The number of halogens is 5. The SMILES string of the molecule is N[C@H](c1cccc(F)c1I)C(F)(F)F. The molecule has 0 aliphatic carbocycles. The Labute approximate surface area is 91.4 Å². The van der Waals surface area contributed by atoms with Crippen LogP contribution in [0.5, 0.6) is 0 Å². The van der Waals surface area contributed by atoms with E-state index in [1.54, 1.807) is 0 Å². The van der Waals surface area contributed by atoms with Crippen molar-refractivity contribution >= 4 is 22.6 Å². The predicted octanol–water partition coefficient (Wildman–Crippen LogP) is 2.99. The molecule has 1 nitrogen and oxygen atoms in total. The van der Waals surface area contributed by atoms with Gasteiger partial charge in [0.05, 0.1) is 3.57 Å². The lowest BCUT2D eigenvalue weighted by molar-refractivity contribution is -0.149. The third kappa shape index (κ3) is 2.35. The molecule has 1 aromatic rings. The molecule has 0 radical (unpaired) electrons. The number of nitrogens with two attached hydrogens (primary N) is 1. The Morgan fingerprint density at radius 2 is 1.86 bits per heavy atom. The minimum Gasteiger partial charge on any atom is -0.316 e. The molecule has 0 heterocycles. The lowest BCUT2D eigenvalue weighted by atomic mass is 10.1. The molecule has 1 rings (SSSR count). The van der Waals surface area contributed by atoms with Crippen molar-refractivity contribution in [3.8, 4) is 0 Å². The molecule has 0 amide bonds. The van der Waals surface area contributed by atoms with Crippen LogP contribution in [0.3, 0.4) is 0 Å². The Bertz CT molecular complexity index is 337. The summed E-state index contributed by atoms with van der Waals surface area (Å²) in [5, 5.41) is 0. The first kappa shape index (κ1) is 11.7. The van der Waals surface area contributed by atoms with Gasteiger partial charge in [0.1, 0.15) is 11.9 Å². The second-order valence-electron chi connectivity index (χ2n) is 2.66. The molecule has 0 saturated carbocycles. The average Bonchev–Trinajstić information content (AvgIpc) is 2.07. The molecular weight excluding hydrogens is 313 g/mol. The summed E-state index contributed by atoms with van der Waals surface area (Å²) < 4.78 is 49.4. The summed E-state index contributed by atoms with van der Waals surface area (Å²) in [5.41, 5.74) is 4.71. The first-order valence-electron chi connectivity index (χ1n) is 3.60. The minimum absolute atomic E-state index is 0.0880. The summed E-state index contributed by atoms with van der Waals surface area (Å²) in [6.07, 6.45) is -4.55. The number of rotatable bonds is 1. The monoisotopic (exact) mass is 319 g/mol. The summed E-state index contributed by atoms with van der Waals surface area (Å²) in [6.45, 7) is 0. The van der Waals surface area contributed by atoms with Gasteiger partial charge in [0.25, 0.3) is 0 Å². The van der Waals surface area contributed by atoms with Crippen molar-refractivity contribution in [1.82, 2.24) is 0 Å². The Kier molecular flexibility index (Phi) is 3.36. The molecule has 0 saturated heterocycles. The molecule has 1 atom stereocenters. The van der Waals surface area contributed by atoms with Crippen LogP contribution in [-0.2, 0) is 0 Å². The van der Waals surface area contributed by atoms with Gasteiger partial charge in [-0.2, -0.15) is 13.2 Å². The van der Waals surface area contributed by atoms with Crippen LogP contribution >= 0.6 is 22.6 Å². The van der Waals surface area contributed by atoms with Gasteiger partial charge in [-0.3, -0.25) is 0 Å². The van der Waals surface area contributed by atoms with Crippen LogP contribution in [0.15, 0.2) is 18.2 Å². The summed E-state index contributed by atoms with van der Waals surface area (Å²) in [5.74, 6) is -0.692. The topological polar surface area (TPSA) is 26.0 Å². The second kappa shape index (κ2) is 4.01. The quantitative estimate of drug-likeness (QED) is 0.625. The fraction of sp³-hybridized carbons (Fsp3) is 0.250. The number of hydrogen-bond acceptors (Lipinski definition) is 1. The maximum atomic E-state index is 12.9. The van der Waals surface area contributed by atoms with Gasteiger partial charge in [0.15, 0.2) is 0 Å². The second-order valence-corrected chi connectivity index (χ2v) is 3.74. The standard InChI is InChI=1S/C8H6F4IN/c9-5-3-1-2-4(6(5)13)7(14)8(10,11)12/h1-3,7H,14H2/t7-/m1/s1. The van der Waals surface area contributed by atoms with Crippen molar-refractivity contribution in [3.05, 3.63) is 33.1 Å². The summed E-state index contributed by atoms with van der Waals surface area (Å²) in [7, 11) is 0. The molecule has 2 N–H and O–H groups in total. The molecule has 0 aliphatic rings. The highest BCUT2D eigenvalue weighted by Crippen LogP contribution is 2.33. The van der Waals surface area contributed by atoms with Crippen molar-refractivity contribution in [1.29, 1.82) is 0 Å². The van der Waals surface area contributed by atoms with E-state index in [9.17, 15) is 17.6 Å². The van der Waals surface area contributed by atoms with Gasteiger partial charge in [-0.15, -0.1) is 0 Å². The molecule has 1 aromatic carbocycles. The normalized spacial score (nSPS) is 14.1. The van der Waals surface area contributed by atoms with Crippen molar-refractivity contribution in [3.63, 3.8) is 0 Å². The zero-order chi connectivity index (χ0) is 10.9. The van der Waals surface area contributed by atoms with E-state index in [0.29, 0.717) is 0 Å². The molecule has 78 valence electrons. The van der Waals surface area contributed by atoms with E-state index >= 15 is 0 Å². The van der Waals surface area contributed by atoms with Gasteiger partial charge in [0.2, 0.25) is 0 Å². The smallest absolute Gasteiger partial charge is 0.316 e. The van der Waals surface area contributed by atoms with Crippen molar-refractivity contribution in [2.24, 2.45) is 5.73 Å².